The molecular weight excluding hydrogens is 422 g/mol. The lowest BCUT2D eigenvalue weighted by atomic mass is 10.1. The van der Waals surface area contributed by atoms with E-state index in [1.807, 2.05) is 0 Å². The molecule has 3 aromatic carbocycles. The van der Waals surface area contributed by atoms with Crippen molar-refractivity contribution >= 4 is 33.2 Å². The average molecular weight is 456 g/mol. The summed E-state index contributed by atoms with van der Waals surface area (Å²) in [7, 11) is 0. The predicted octanol–water partition coefficient (Wildman–Crippen LogP) is 4.33. The molecule has 4 N–H and O–H groups in total. The van der Waals surface area contributed by atoms with Gasteiger partial charge in [0.1, 0.15) is 0 Å². The van der Waals surface area contributed by atoms with Gasteiger partial charge in [-0.25, -0.2) is 5.84 Å². The van der Waals surface area contributed by atoms with Crippen molar-refractivity contribution in [2.75, 3.05) is 37.9 Å². The lowest BCUT2D eigenvalue weighted by Gasteiger charge is -2.26. The molecule has 176 valence electrons. The van der Waals surface area contributed by atoms with Crippen LogP contribution in [0.1, 0.15) is 18.1 Å². The SMILES string of the molecule is CCn1c2ccccc2c2cc(N(N)/C(=C\N)c3ccc(CCN4CCOCC4)cc3)ccc21. The molecule has 0 bridgehead atoms. The van der Waals surface area contributed by atoms with Gasteiger partial charge >= 0.3 is 0 Å². The number of nitrogens with two attached hydrogens (primary N) is 2. The molecular formula is C28H33N5O. The van der Waals surface area contributed by atoms with Gasteiger partial charge in [0.2, 0.25) is 0 Å². The molecule has 0 saturated carbocycles. The number of para-hydroxylation sites is 1. The van der Waals surface area contributed by atoms with Crippen LogP contribution < -0.4 is 16.6 Å². The van der Waals surface area contributed by atoms with Crippen molar-refractivity contribution < 1.29 is 4.74 Å². The van der Waals surface area contributed by atoms with Crippen molar-refractivity contribution in [2.45, 2.75) is 19.9 Å². The fourth-order valence-electron chi connectivity index (χ4n) is 4.94. The van der Waals surface area contributed by atoms with Gasteiger partial charge < -0.3 is 15.0 Å². The molecule has 2 heterocycles. The number of aryl methyl sites for hydroxylation is 1. The van der Waals surface area contributed by atoms with Gasteiger partial charge in [0.05, 0.1) is 24.6 Å². The number of anilines is 1. The second kappa shape index (κ2) is 9.89. The Morgan fingerprint density at radius 1 is 0.971 bits per heavy atom. The minimum Gasteiger partial charge on any atom is -0.403 e. The molecule has 1 aliphatic rings. The van der Waals surface area contributed by atoms with Crippen LogP contribution in [0.25, 0.3) is 27.5 Å². The summed E-state index contributed by atoms with van der Waals surface area (Å²) in [6.45, 7) is 7.84. The van der Waals surface area contributed by atoms with E-state index in [-0.39, 0.29) is 0 Å². The highest BCUT2D eigenvalue weighted by Crippen LogP contribution is 2.33. The highest BCUT2D eigenvalue weighted by Gasteiger charge is 2.15. The van der Waals surface area contributed by atoms with Crippen molar-refractivity contribution in [3.05, 3.63) is 84.1 Å². The smallest absolute Gasteiger partial charge is 0.0801 e. The van der Waals surface area contributed by atoms with Crippen LogP contribution in [-0.4, -0.2) is 42.3 Å². The maximum atomic E-state index is 6.61. The number of hydrogen-bond acceptors (Lipinski definition) is 5. The molecule has 34 heavy (non-hydrogen) atoms. The fraction of sp³-hybridized carbons (Fsp3) is 0.286. The van der Waals surface area contributed by atoms with Crippen LogP contribution in [0.5, 0.6) is 0 Å². The van der Waals surface area contributed by atoms with E-state index < -0.39 is 0 Å². The molecule has 1 aliphatic heterocycles. The van der Waals surface area contributed by atoms with Crippen molar-refractivity contribution in [3.8, 4) is 0 Å². The zero-order valence-electron chi connectivity index (χ0n) is 19.8. The highest BCUT2D eigenvalue weighted by molar-refractivity contribution is 6.09. The van der Waals surface area contributed by atoms with Crippen LogP contribution in [-0.2, 0) is 17.7 Å². The topological polar surface area (TPSA) is 72.7 Å². The van der Waals surface area contributed by atoms with Gasteiger partial charge in [-0.05, 0) is 43.2 Å². The van der Waals surface area contributed by atoms with Gasteiger partial charge in [0, 0.05) is 59.7 Å². The number of morpholine rings is 1. The van der Waals surface area contributed by atoms with Crippen molar-refractivity contribution in [1.29, 1.82) is 0 Å². The largest absolute Gasteiger partial charge is 0.403 e. The van der Waals surface area contributed by atoms with Gasteiger partial charge in [-0.2, -0.15) is 0 Å². The van der Waals surface area contributed by atoms with Crippen LogP contribution in [0, 0.1) is 0 Å². The molecule has 1 saturated heterocycles. The monoisotopic (exact) mass is 455 g/mol. The number of aromatic nitrogens is 1. The second-order valence-electron chi connectivity index (χ2n) is 8.79. The molecule has 0 spiro atoms. The van der Waals surface area contributed by atoms with E-state index >= 15 is 0 Å². The van der Waals surface area contributed by atoms with E-state index in [1.54, 1.807) is 11.2 Å². The van der Waals surface area contributed by atoms with Gasteiger partial charge in [-0.15, -0.1) is 0 Å². The average Bonchev–Trinajstić information content (AvgIpc) is 3.22. The number of benzene rings is 3. The minimum absolute atomic E-state index is 0.776. The van der Waals surface area contributed by atoms with Gasteiger partial charge in [-0.1, -0.05) is 42.5 Å². The molecule has 1 aromatic heterocycles. The Morgan fingerprint density at radius 3 is 2.44 bits per heavy atom. The Balaban J connectivity index is 1.37. The molecule has 0 unspecified atom stereocenters. The zero-order chi connectivity index (χ0) is 23.5. The van der Waals surface area contributed by atoms with Crippen molar-refractivity contribution in [2.24, 2.45) is 11.6 Å². The molecule has 6 nitrogen and oxygen atoms in total. The van der Waals surface area contributed by atoms with Crippen LogP contribution in [0.3, 0.4) is 0 Å². The van der Waals surface area contributed by atoms with Crippen LogP contribution in [0.15, 0.2) is 72.9 Å². The molecule has 0 aliphatic carbocycles. The third-order valence-electron chi connectivity index (χ3n) is 6.84. The van der Waals surface area contributed by atoms with Crippen molar-refractivity contribution in [3.63, 3.8) is 0 Å². The van der Waals surface area contributed by atoms with E-state index in [0.717, 1.165) is 62.8 Å². The zero-order valence-corrected chi connectivity index (χ0v) is 19.8. The highest BCUT2D eigenvalue weighted by atomic mass is 16.5. The summed E-state index contributed by atoms with van der Waals surface area (Å²) in [4.78, 5) is 2.45. The Bertz CT molecular complexity index is 1300. The maximum absolute atomic E-state index is 6.61. The van der Waals surface area contributed by atoms with E-state index in [9.17, 15) is 0 Å². The summed E-state index contributed by atoms with van der Waals surface area (Å²) in [6.07, 6.45) is 2.61. The fourth-order valence-corrected chi connectivity index (χ4v) is 4.94. The molecule has 5 rings (SSSR count). The normalized spacial score (nSPS) is 15.3. The van der Waals surface area contributed by atoms with Crippen molar-refractivity contribution in [1.82, 2.24) is 9.47 Å². The molecule has 0 radical (unpaired) electrons. The number of ether oxygens (including phenoxy) is 1. The third kappa shape index (κ3) is 4.28. The minimum atomic E-state index is 0.776. The number of hydrazine groups is 1. The maximum Gasteiger partial charge on any atom is 0.0801 e. The van der Waals surface area contributed by atoms with Gasteiger partial charge in [0.25, 0.3) is 0 Å². The lowest BCUT2D eigenvalue weighted by Crippen LogP contribution is -2.37. The second-order valence-corrected chi connectivity index (χ2v) is 8.79. The summed E-state index contributed by atoms with van der Waals surface area (Å²) in [5.74, 6) is 6.61. The Kier molecular flexibility index (Phi) is 6.54. The number of rotatable bonds is 7. The van der Waals surface area contributed by atoms with E-state index in [0.29, 0.717) is 0 Å². The molecule has 0 atom stereocenters. The Morgan fingerprint density at radius 2 is 1.71 bits per heavy atom. The summed E-state index contributed by atoms with van der Waals surface area (Å²) in [6, 6.07) is 23.4. The standard InChI is InChI=1S/C28H33N5O/c1-2-32-26-6-4-3-5-24(26)25-19-23(11-12-27(25)32)33(30)28(20-29)22-9-7-21(8-10-22)13-14-31-15-17-34-18-16-31/h3-12,19-20H,2,13-18,29-30H2,1H3/b28-20-. The number of fused-ring (bicyclic) bond motifs is 3. The third-order valence-corrected chi connectivity index (χ3v) is 6.84. The van der Waals surface area contributed by atoms with E-state index in [2.05, 4.69) is 83.1 Å². The quantitative estimate of drug-likeness (QED) is 0.321. The van der Waals surface area contributed by atoms with E-state index in [4.69, 9.17) is 16.3 Å². The summed E-state index contributed by atoms with van der Waals surface area (Å²) < 4.78 is 7.78. The van der Waals surface area contributed by atoms with Gasteiger partial charge in [-0.3, -0.25) is 9.91 Å². The summed E-state index contributed by atoms with van der Waals surface area (Å²) in [5, 5.41) is 4.11. The summed E-state index contributed by atoms with van der Waals surface area (Å²) >= 11 is 0. The summed E-state index contributed by atoms with van der Waals surface area (Å²) in [5.41, 5.74) is 12.5. The van der Waals surface area contributed by atoms with Crippen LogP contribution >= 0.6 is 0 Å². The first-order valence-electron chi connectivity index (χ1n) is 12.1. The van der Waals surface area contributed by atoms with Crippen LogP contribution in [0.2, 0.25) is 0 Å². The first-order valence-corrected chi connectivity index (χ1v) is 12.1. The predicted molar refractivity (Wildman–Crippen MR) is 141 cm³/mol. The number of nitrogens with zero attached hydrogens (tertiary/aromatic N) is 3. The molecule has 6 heteroatoms. The Hall–Kier alpha value is -3.32. The van der Waals surface area contributed by atoms with Gasteiger partial charge in [0.15, 0.2) is 0 Å². The number of hydrogen-bond donors (Lipinski definition) is 2. The Labute approximate surface area is 201 Å². The molecule has 0 amide bonds. The first-order chi connectivity index (χ1) is 16.7. The lowest BCUT2D eigenvalue weighted by molar-refractivity contribution is 0.0384. The van der Waals surface area contributed by atoms with Crippen LogP contribution in [0.4, 0.5) is 5.69 Å². The molecule has 4 aromatic rings. The van der Waals surface area contributed by atoms with E-state index in [1.165, 1.54) is 27.4 Å². The first kappa shape index (κ1) is 22.5. The molecule has 1 fully saturated rings.